The van der Waals surface area contributed by atoms with Crippen molar-refractivity contribution in [3.63, 3.8) is 0 Å². The van der Waals surface area contributed by atoms with E-state index in [0.29, 0.717) is 12.8 Å². The maximum atomic E-state index is 14.7. The Kier molecular flexibility index (Phi) is 3.57. The molecule has 0 bridgehead atoms. The van der Waals surface area contributed by atoms with Crippen molar-refractivity contribution in [1.29, 1.82) is 0 Å². The second-order valence-electron chi connectivity index (χ2n) is 5.17. The molecule has 0 aliphatic heterocycles. The molecular weight excluding hydrogens is 236 g/mol. The van der Waals surface area contributed by atoms with E-state index in [1.54, 1.807) is 0 Å². The molecule has 1 aromatic rings. The zero-order valence-electron chi connectivity index (χ0n) is 10.3. The molecule has 1 saturated carbocycles. The third-order valence-corrected chi connectivity index (χ3v) is 4.08. The lowest BCUT2D eigenvalue weighted by molar-refractivity contribution is -0.142. The summed E-state index contributed by atoms with van der Waals surface area (Å²) in [6.07, 6.45) is 3.49. The Labute approximate surface area is 106 Å². The van der Waals surface area contributed by atoms with Crippen molar-refractivity contribution in [3.8, 4) is 5.75 Å². The SMILES string of the molecule is NCC1(C(F)(F)c2cccc(O)c2)CCCCC1. The average molecular weight is 255 g/mol. The number of hydrogen-bond donors (Lipinski definition) is 2. The molecule has 4 heteroatoms. The van der Waals surface area contributed by atoms with E-state index in [9.17, 15) is 13.9 Å². The van der Waals surface area contributed by atoms with Crippen LogP contribution in [0.4, 0.5) is 8.78 Å². The Balaban J connectivity index is 2.38. The fraction of sp³-hybridized carbons (Fsp3) is 0.571. The van der Waals surface area contributed by atoms with E-state index in [0.717, 1.165) is 25.3 Å². The van der Waals surface area contributed by atoms with Gasteiger partial charge in [0.2, 0.25) is 0 Å². The van der Waals surface area contributed by atoms with Gasteiger partial charge in [-0.1, -0.05) is 31.4 Å². The van der Waals surface area contributed by atoms with E-state index in [4.69, 9.17) is 5.73 Å². The molecule has 0 saturated heterocycles. The summed E-state index contributed by atoms with van der Waals surface area (Å²) in [4.78, 5) is 0. The highest BCUT2D eigenvalue weighted by Crippen LogP contribution is 2.53. The van der Waals surface area contributed by atoms with Crippen LogP contribution < -0.4 is 5.73 Å². The molecule has 1 aliphatic rings. The predicted molar refractivity (Wildman–Crippen MR) is 66.6 cm³/mol. The van der Waals surface area contributed by atoms with Gasteiger partial charge < -0.3 is 10.8 Å². The number of hydrogen-bond acceptors (Lipinski definition) is 2. The van der Waals surface area contributed by atoms with Gasteiger partial charge in [0.25, 0.3) is 5.92 Å². The van der Waals surface area contributed by atoms with E-state index in [1.807, 2.05) is 0 Å². The van der Waals surface area contributed by atoms with Crippen LogP contribution in [0.3, 0.4) is 0 Å². The van der Waals surface area contributed by atoms with Gasteiger partial charge in [-0.05, 0) is 25.0 Å². The molecule has 3 N–H and O–H groups in total. The summed E-state index contributed by atoms with van der Waals surface area (Å²) in [5, 5.41) is 9.37. The van der Waals surface area contributed by atoms with E-state index in [-0.39, 0.29) is 17.9 Å². The largest absolute Gasteiger partial charge is 0.508 e. The van der Waals surface area contributed by atoms with Crippen molar-refractivity contribution >= 4 is 0 Å². The first-order valence-electron chi connectivity index (χ1n) is 6.39. The highest BCUT2D eigenvalue weighted by molar-refractivity contribution is 5.31. The van der Waals surface area contributed by atoms with Gasteiger partial charge in [-0.15, -0.1) is 0 Å². The molecule has 0 spiro atoms. The van der Waals surface area contributed by atoms with Gasteiger partial charge in [0.05, 0.1) is 5.41 Å². The normalized spacial score (nSPS) is 19.7. The van der Waals surface area contributed by atoms with Crippen LogP contribution in [-0.4, -0.2) is 11.7 Å². The third kappa shape index (κ3) is 2.09. The first-order valence-corrected chi connectivity index (χ1v) is 6.39. The van der Waals surface area contributed by atoms with E-state index in [1.165, 1.54) is 18.2 Å². The minimum Gasteiger partial charge on any atom is -0.508 e. The molecule has 2 rings (SSSR count). The number of phenols is 1. The highest BCUT2D eigenvalue weighted by Gasteiger charge is 2.53. The number of nitrogens with two attached hydrogens (primary N) is 1. The average Bonchev–Trinajstić information content (AvgIpc) is 2.39. The predicted octanol–water partition coefficient (Wildman–Crippen LogP) is 3.39. The molecule has 1 aliphatic carbocycles. The monoisotopic (exact) mass is 255 g/mol. The lowest BCUT2D eigenvalue weighted by Crippen LogP contribution is -2.46. The fourth-order valence-electron chi connectivity index (χ4n) is 2.88. The fourth-order valence-corrected chi connectivity index (χ4v) is 2.88. The number of phenolic OH excluding ortho intramolecular Hbond substituents is 1. The summed E-state index contributed by atoms with van der Waals surface area (Å²) in [6.45, 7) is -0.0182. The zero-order valence-corrected chi connectivity index (χ0v) is 10.3. The van der Waals surface area contributed by atoms with Gasteiger partial charge in [0, 0.05) is 12.1 Å². The summed E-state index contributed by atoms with van der Waals surface area (Å²) in [7, 11) is 0. The molecule has 0 aromatic heterocycles. The number of rotatable bonds is 3. The highest BCUT2D eigenvalue weighted by atomic mass is 19.3. The van der Waals surface area contributed by atoms with Crippen LogP contribution in [0.2, 0.25) is 0 Å². The first kappa shape index (κ1) is 13.3. The Morgan fingerprint density at radius 2 is 1.89 bits per heavy atom. The van der Waals surface area contributed by atoms with Crippen molar-refractivity contribution in [2.24, 2.45) is 11.1 Å². The van der Waals surface area contributed by atoms with E-state index >= 15 is 0 Å². The van der Waals surface area contributed by atoms with E-state index < -0.39 is 11.3 Å². The molecular formula is C14H19F2NO. The van der Waals surface area contributed by atoms with Crippen LogP contribution >= 0.6 is 0 Å². The van der Waals surface area contributed by atoms with Crippen molar-refractivity contribution < 1.29 is 13.9 Å². The Bertz CT molecular complexity index is 414. The summed E-state index contributed by atoms with van der Waals surface area (Å²) < 4.78 is 29.4. The molecule has 2 nitrogen and oxygen atoms in total. The van der Waals surface area contributed by atoms with E-state index in [2.05, 4.69) is 0 Å². The molecule has 0 atom stereocenters. The second kappa shape index (κ2) is 4.84. The molecule has 0 heterocycles. The lowest BCUT2D eigenvalue weighted by atomic mass is 9.68. The van der Waals surface area contributed by atoms with Crippen LogP contribution in [-0.2, 0) is 5.92 Å². The Hall–Kier alpha value is -1.16. The standard InChI is InChI=1S/C14H19F2NO/c15-14(16,11-5-4-6-12(18)9-11)13(10-17)7-2-1-3-8-13/h4-6,9,18H,1-3,7-8,10,17H2. The van der Waals surface area contributed by atoms with Gasteiger partial charge in [-0.2, -0.15) is 0 Å². The van der Waals surface area contributed by atoms with Gasteiger partial charge in [0.15, 0.2) is 0 Å². The number of alkyl halides is 2. The third-order valence-electron chi connectivity index (χ3n) is 4.08. The molecule has 1 fully saturated rings. The molecule has 100 valence electrons. The minimum atomic E-state index is -2.99. The Morgan fingerprint density at radius 3 is 2.44 bits per heavy atom. The summed E-state index contributed by atoms with van der Waals surface area (Å²) in [5.74, 6) is -3.11. The van der Waals surface area contributed by atoms with Crippen LogP contribution in [0.1, 0.15) is 37.7 Å². The molecule has 0 amide bonds. The van der Waals surface area contributed by atoms with Crippen LogP contribution in [0.25, 0.3) is 0 Å². The van der Waals surface area contributed by atoms with Gasteiger partial charge >= 0.3 is 0 Å². The van der Waals surface area contributed by atoms with Crippen molar-refractivity contribution in [1.82, 2.24) is 0 Å². The number of halogens is 2. The molecule has 1 aromatic carbocycles. The molecule has 18 heavy (non-hydrogen) atoms. The second-order valence-corrected chi connectivity index (χ2v) is 5.17. The number of aromatic hydroxyl groups is 1. The van der Waals surface area contributed by atoms with Crippen LogP contribution in [0, 0.1) is 5.41 Å². The lowest BCUT2D eigenvalue weighted by Gasteiger charge is -2.42. The van der Waals surface area contributed by atoms with Crippen LogP contribution in [0.15, 0.2) is 24.3 Å². The van der Waals surface area contributed by atoms with Crippen molar-refractivity contribution in [2.75, 3.05) is 6.54 Å². The number of benzene rings is 1. The molecule has 0 unspecified atom stereocenters. The van der Waals surface area contributed by atoms with Gasteiger partial charge in [0.1, 0.15) is 5.75 Å². The van der Waals surface area contributed by atoms with Crippen LogP contribution in [0.5, 0.6) is 5.75 Å². The maximum Gasteiger partial charge on any atom is 0.280 e. The van der Waals surface area contributed by atoms with Crippen molar-refractivity contribution in [3.05, 3.63) is 29.8 Å². The molecule has 0 radical (unpaired) electrons. The smallest absolute Gasteiger partial charge is 0.280 e. The quantitative estimate of drug-likeness (QED) is 0.869. The van der Waals surface area contributed by atoms with Crippen molar-refractivity contribution in [2.45, 2.75) is 38.0 Å². The maximum absolute atomic E-state index is 14.7. The first-order chi connectivity index (χ1) is 8.52. The summed E-state index contributed by atoms with van der Waals surface area (Å²) in [6, 6.07) is 5.36. The van der Waals surface area contributed by atoms with Gasteiger partial charge in [-0.25, -0.2) is 8.78 Å². The minimum absolute atomic E-state index is 0.0182. The Morgan fingerprint density at radius 1 is 1.22 bits per heavy atom. The zero-order chi connectivity index (χ0) is 13.2. The topological polar surface area (TPSA) is 46.2 Å². The summed E-state index contributed by atoms with van der Waals surface area (Å²) >= 11 is 0. The summed E-state index contributed by atoms with van der Waals surface area (Å²) in [5.41, 5.74) is 4.37. The van der Waals surface area contributed by atoms with Gasteiger partial charge in [-0.3, -0.25) is 0 Å².